The first-order valence-electron chi connectivity index (χ1n) is 17.2. The lowest BCUT2D eigenvalue weighted by Gasteiger charge is -2.61. The Hall–Kier alpha value is -0.560. The molecule has 0 aromatic rings. The van der Waals surface area contributed by atoms with E-state index in [0.717, 1.165) is 24.6 Å². The van der Waals surface area contributed by atoms with Crippen LogP contribution in [0.4, 0.5) is 0 Å². The summed E-state index contributed by atoms with van der Waals surface area (Å²) in [4.78, 5) is 27.0. The quantitative estimate of drug-likeness (QED) is 0.241. The van der Waals surface area contributed by atoms with E-state index in [4.69, 9.17) is 18.4 Å². The highest BCUT2D eigenvalue weighted by molar-refractivity contribution is 7.99. The molecular formula is C28H48ClNO4S. The van der Waals surface area contributed by atoms with Crippen molar-refractivity contribution in [1.82, 2.24) is 4.90 Å². The van der Waals surface area contributed by atoms with Gasteiger partial charge in [-0.2, -0.15) is 0 Å². The zero-order chi connectivity index (χ0) is 33.9. The number of thioether (sulfide) groups is 1. The maximum atomic E-state index is 13.5. The van der Waals surface area contributed by atoms with Gasteiger partial charge in [0, 0.05) is 49.2 Å². The van der Waals surface area contributed by atoms with Gasteiger partial charge >= 0.3 is 5.97 Å². The van der Waals surface area contributed by atoms with Crippen molar-refractivity contribution in [3.63, 3.8) is 0 Å². The van der Waals surface area contributed by atoms with Crippen molar-refractivity contribution in [2.24, 2.45) is 34.0 Å². The van der Waals surface area contributed by atoms with Crippen LogP contribution in [0.25, 0.3) is 0 Å². The molecule has 0 saturated heterocycles. The highest BCUT2D eigenvalue weighted by atomic mass is 35.5. The van der Waals surface area contributed by atoms with Crippen molar-refractivity contribution in [3.8, 4) is 0 Å². The molecule has 2 unspecified atom stereocenters. The number of Topliss-reactive ketones (excluding diaryl/α,β-unsaturated/α-hetero) is 1. The van der Waals surface area contributed by atoms with Crippen molar-refractivity contribution in [2.75, 3.05) is 31.0 Å². The normalized spacial score (nSPS) is 46.7. The number of carbonyl (C=O) groups excluding carboxylic acids is 2. The van der Waals surface area contributed by atoms with E-state index in [1.54, 1.807) is 6.08 Å². The summed E-state index contributed by atoms with van der Waals surface area (Å²) in [6, 6.07) is 0. The number of esters is 1. The number of halogens is 1. The minimum atomic E-state index is -3.34. The van der Waals surface area contributed by atoms with Crippen LogP contribution in [0.5, 0.6) is 0 Å². The Kier molecular flexibility index (Phi) is 6.33. The lowest BCUT2D eigenvalue weighted by molar-refractivity contribution is -0.205. The molecule has 7 heteroatoms. The lowest BCUT2D eigenvalue weighted by Crippen LogP contribution is -2.63. The van der Waals surface area contributed by atoms with Gasteiger partial charge in [0.1, 0.15) is 11.9 Å². The van der Waals surface area contributed by atoms with Gasteiger partial charge in [-0.3, -0.25) is 9.59 Å². The summed E-state index contributed by atoms with van der Waals surface area (Å²) in [5, 5.41) is 11.6. The number of rotatable bonds is 9. The van der Waals surface area contributed by atoms with Crippen LogP contribution in [0.3, 0.4) is 0 Å². The predicted octanol–water partition coefficient (Wildman–Crippen LogP) is 5.39. The highest BCUT2D eigenvalue weighted by Gasteiger charge is 2.68. The lowest BCUT2D eigenvalue weighted by atomic mass is 9.44. The van der Waals surface area contributed by atoms with Gasteiger partial charge < -0.3 is 14.7 Å². The third-order valence-corrected chi connectivity index (χ3v) is 10.4. The summed E-state index contributed by atoms with van der Waals surface area (Å²) in [6.07, 6.45) is 3.12. The molecule has 0 spiro atoms. The summed E-state index contributed by atoms with van der Waals surface area (Å²) in [7, 11) is 0. The molecule has 5 nitrogen and oxygen atoms in total. The van der Waals surface area contributed by atoms with E-state index >= 15 is 0 Å². The minimum Gasteiger partial charge on any atom is -0.461 e. The molecule has 0 aromatic carbocycles. The van der Waals surface area contributed by atoms with E-state index in [0.29, 0.717) is 12.8 Å². The van der Waals surface area contributed by atoms with Gasteiger partial charge in [0.05, 0.1) is 11.9 Å². The van der Waals surface area contributed by atoms with E-state index in [1.807, 2.05) is 20.8 Å². The fraction of sp³-hybridized carbons (Fsp3) is 0.857. The minimum absolute atomic E-state index is 0. The molecule has 3 fully saturated rings. The number of ketones is 1. The number of aliphatic hydroxyl groups excluding tert-OH is 1. The van der Waals surface area contributed by atoms with Crippen LogP contribution in [0, 0.1) is 34.0 Å². The third kappa shape index (κ3) is 5.37. The van der Waals surface area contributed by atoms with Crippen LogP contribution >= 0.6 is 24.2 Å². The first-order chi connectivity index (χ1) is 19.8. The molecule has 2 bridgehead atoms. The first kappa shape index (κ1) is 18.7. The zero-order valence-electron chi connectivity index (χ0n) is 31.3. The molecule has 0 heterocycles. The second-order valence-electron chi connectivity index (χ2n) is 11.0. The Morgan fingerprint density at radius 2 is 2.03 bits per heavy atom. The van der Waals surface area contributed by atoms with E-state index in [2.05, 4.69) is 13.5 Å². The number of ether oxygens (including phenoxy) is 1. The maximum Gasteiger partial charge on any atom is 0.316 e. The smallest absolute Gasteiger partial charge is 0.316 e. The van der Waals surface area contributed by atoms with Gasteiger partial charge in [-0.25, -0.2) is 0 Å². The van der Waals surface area contributed by atoms with E-state index < -0.39 is 67.7 Å². The van der Waals surface area contributed by atoms with Gasteiger partial charge in [0.15, 0.2) is 0 Å². The monoisotopic (exact) mass is 539 g/mol. The Bertz CT molecular complexity index is 1100. The van der Waals surface area contributed by atoms with Crippen molar-refractivity contribution >= 4 is 35.9 Å². The Balaban J connectivity index is 0.00000705. The summed E-state index contributed by atoms with van der Waals surface area (Å²) in [5.74, 6) is -1.43. The van der Waals surface area contributed by atoms with Crippen LogP contribution in [0.1, 0.15) is 87.2 Å². The number of hydrogen-bond acceptors (Lipinski definition) is 6. The summed E-state index contributed by atoms with van der Waals surface area (Å²) in [5.41, 5.74) is -1.93. The summed E-state index contributed by atoms with van der Waals surface area (Å²) in [6.45, 7) is -1.90. The highest BCUT2D eigenvalue weighted by Crippen LogP contribution is 2.67. The molecule has 0 amide bonds. The van der Waals surface area contributed by atoms with Gasteiger partial charge in [-0.05, 0) is 55.9 Å². The average Bonchev–Trinajstić information content (AvgIpc) is 3.25. The molecule has 8 atom stereocenters. The molecule has 35 heavy (non-hydrogen) atoms. The zero-order valence-corrected chi connectivity index (χ0v) is 22.9. The molecule has 0 radical (unpaired) electrons. The van der Waals surface area contributed by atoms with Crippen LogP contribution < -0.4 is 0 Å². The Morgan fingerprint density at radius 1 is 1.34 bits per heavy atom. The molecule has 3 rings (SSSR count). The van der Waals surface area contributed by atoms with E-state index in [1.165, 1.54) is 0 Å². The SMILES string of the molecule is Cl.[2H]C([2H])([2H])C([2H])([2H])N(CCSCC(=O)O[C@@H]1C[C@@](C)(C=C)[C@@H](O)[C@H](C)C23CCC(=O)[C@H]2[C@@]1(C)C(C)CC3)C([2H])([2H])C([2H])([2H])[2H]. The Morgan fingerprint density at radius 3 is 2.66 bits per heavy atom. The molecular weight excluding hydrogens is 482 g/mol. The van der Waals surface area contributed by atoms with Crippen LogP contribution in [0.2, 0.25) is 0 Å². The third-order valence-electron chi connectivity index (χ3n) is 9.52. The van der Waals surface area contributed by atoms with Gasteiger partial charge in [-0.15, -0.1) is 30.7 Å². The molecule has 202 valence electrons. The topological polar surface area (TPSA) is 66.8 Å². The fourth-order valence-electron chi connectivity index (χ4n) is 7.15. The first-order valence-corrected chi connectivity index (χ1v) is 13.4. The summed E-state index contributed by atoms with van der Waals surface area (Å²) >= 11 is 0.936. The molecule has 3 aliphatic rings. The molecule has 3 aliphatic carbocycles. The van der Waals surface area contributed by atoms with Gasteiger partial charge in [-0.1, -0.05) is 47.5 Å². The van der Waals surface area contributed by atoms with Crippen LogP contribution in [0.15, 0.2) is 12.7 Å². The maximum absolute atomic E-state index is 13.5. The number of nitrogens with zero attached hydrogens (tertiary/aromatic N) is 1. The van der Waals surface area contributed by atoms with Crippen molar-refractivity contribution in [2.45, 2.75) is 85.7 Å². The van der Waals surface area contributed by atoms with Gasteiger partial charge in [0.2, 0.25) is 0 Å². The number of aliphatic hydroxyl groups is 1. The van der Waals surface area contributed by atoms with Crippen LogP contribution in [-0.2, 0) is 14.3 Å². The van der Waals surface area contributed by atoms with Crippen molar-refractivity contribution in [3.05, 3.63) is 12.7 Å². The number of carbonyl (C=O) groups is 2. The molecule has 1 N–H and O–H groups in total. The molecule has 3 saturated carbocycles. The molecule has 0 aromatic heterocycles. The standard InChI is InChI=1S/C28H47NO4S.ClH/c1-8-26(6)17-22(33-23(31)18-34-16-15-29(9-2)10-3)27(7)19(4)11-13-28(20(5)25(26)32)14-12-21(30)24(27)28;/h8,19-20,22,24-25,32H,1,9-18H2,2-7H3;1H/t19?,20-,22+,24-,25-,26+,27-,28?;/m0./s1/i2D3,3D3,9D2,10D2;. The summed E-state index contributed by atoms with van der Waals surface area (Å²) < 4.78 is 83.6. The second-order valence-corrected chi connectivity index (χ2v) is 12.1. The second kappa shape index (κ2) is 11.9. The molecule has 0 aliphatic heterocycles. The van der Waals surface area contributed by atoms with E-state index in [-0.39, 0.29) is 58.8 Å². The van der Waals surface area contributed by atoms with Crippen molar-refractivity contribution < 1.29 is 33.1 Å². The van der Waals surface area contributed by atoms with Gasteiger partial charge in [0.25, 0.3) is 0 Å². The van der Waals surface area contributed by atoms with Crippen LogP contribution in [-0.4, -0.2) is 65.0 Å². The van der Waals surface area contributed by atoms with Crippen molar-refractivity contribution in [1.29, 1.82) is 0 Å². The fourth-order valence-corrected chi connectivity index (χ4v) is 7.84. The Labute approximate surface area is 237 Å². The largest absolute Gasteiger partial charge is 0.461 e. The predicted molar refractivity (Wildman–Crippen MR) is 147 cm³/mol. The van der Waals surface area contributed by atoms with E-state index in [9.17, 15) is 14.7 Å². The average molecular weight is 540 g/mol. The number of hydrogen-bond donors (Lipinski definition) is 1.